The van der Waals surface area contributed by atoms with Crippen LogP contribution in [0.25, 0.3) is 0 Å². The highest BCUT2D eigenvalue weighted by Crippen LogP contribution is 2.16. The number of hydrogen-bond donors (Lipinski definition) is 0. The van der Waals surface area contributed by atoms with Crippen molar-refractivity contribution in [2.24, 2.45) is 7.05 Å². The Kier molecular flexibility index (Phi) is 2.27. The average molecular weight is 149 g/mol. The van der Waals surface area contributed by atoms with Gasteiger partial charge in [-0.3, -0.25) is 0 Å². The fraction of sp³-hybridized carbons (Fsp3) is 0.500. The molecule has 1 aromatic rings. The van der Waals surface area contributed by atoms with Crippen LogP contribution in [0.1, 0.15) is 25.0 Å². The van der Waals surface area contributed by atoms with E-state index in [-0.39, 0.29) is 5.92 Å². The zero-order chi connectivity index (χ0) is 8.27. The van der Waals surface area contributed by atoms with Crippen LogP contribution < -0.4 is 0 Å². The zero-order valence-corrected chi connectivity index (χ0v) is 6.78. The molecule has 1 aromatic heterocycles. The van der Waals surface area contributed by atoms with Crippen LogP contribution in [0.2, 0.25) is 0 Å². The maximum atomic E-state index is 8.45. The van der Waals surface area contributed by atoms with Crippen molar-refractivity contribution in [3.8, 4) is 6.07 Å². The third-order valence-electron chi connectivity index (χ3n) is 1.76. The highest BCUT2D eigenvalue weighted by atomic mass is 15.0. The molecule has 1 rings (SSSR count). The molecule has 1 heterocycles. The van der Waals surface area contributed by atoms with E-state index >= 15 is 0 Å². The molecule has 1 unspecified atom stereocenters. The van der Waals surface area contributed by atoms with Crippen molar-refractivity contribution in [3.05, 3.63) is 18.2 Å². The normalized spacial score (nSPS) is 12.5. The Labute approximate surface area is 66.3 Å². The van der Waals surface area contributed by atoms with Crippen molar-refractivity contribution in [1.29, 1.82) is 5.26 Å². The van der Waals surface area contributed by atoms with Crippen LogP contribution in [0.5, 0.6) is 0 Å². The molecule has 11 heavy (non-hydrogen) atoms. The zero-order valence-electron chi connectivity index (χ0n) is 6.78. The highest BCUT2D eigenvalue weighted by Gasteiger charge is 2.07. The van der Waals surface area contributed by atoms with Gasteiger partial charge >= 0.3 is 0 Å². The number of aromatic nitrogens is 2. The predicted molar refractivity (Wildman–Crippen MR) is 41.9 cm³/mol. The number of imidazole rings is 1. The summed E-state index contributed by atoms with van der Waals surface area (Å²) in [4.78, 5) is 3.98. The van der Waals surface area contributed by atoms with Gasteiger partial charge in [0.15, 0.2) is 0 Å². The van der Waals surface area contributed by atoms with Gasteiger partial charge in [0.1, 0.15) is 0 Å². The van der Waals surface area contributed by atoms with Gasteiger partial charge in [0.25, 0.3) is 0 Å². The summed E-state index contributed by atoms with van der Waals surface area (Å²) in [6.07, 6.45) is 4.12. The summed E-state index contributed by atoms with van der Waals surface area (Å²) in [5.74, 6) is 0.285. The minimum atomic E-state index is 0.285. The third-order valence-corrected chi connectivity index (χ3v) is 1.76. The van der Waals surface area contributed by atoms with Crippen molar-refractivity contribution in [3.63, 3.8) is 0 Å². The van der Waals surface area contributed by atoms with Gasteiger partial charge in [-0.05, 0) is 0 Å². The van der Waals surface area contributed by atoms with Gasteiger partial charge in [-0.15, -0.1) is 0 Å². The van der Waals surface area contributed by atoms with E-state index in [1.54, 1.807) is 6.33 Å². The van der Waals surface area contributed by atoms with E-state index in [1.807, 2.05) is 24.7 Å². The summed E-state index contributed by atoms with van der Waals surface area (Å²) in [6, 6.07) is 2.14. The third kappa shape index (κ3) is 1.58. The molecule has 3 nitrogen and oxygen atoms in total. The molecular weight excluding hydrogens is 138 g/mol. The van der Waals surface area contributed by atoms with Gasteiger partial charge in [-0.1, -0.05) is 6.92 Å². The lowest BCUT2D eigenvalue weighted by Crippen LogP contribution is -1.99. The summed E-state index contributed by atoms with van der Waals surface area (Å²) in [5, 5.41) is 8.45. The molecule has 0 amide bonds. The van der Waals surface area contributed by atoms with Crippen molar-refractivity contribution in [2.75, 3.05) is 0 Å². The summed E-state index contributed by atoms with van der Waals surface area (Å²) in [5.41, 5.74) is 1.12. The van der Waals surface area contributed by atoms with Crippen molar-refractivity contribution in [1.82, 2.24) is 9.55 Å². The van der Waals surface area contributed by atoms with Gasteiger partial charge in [0.2, 0.25) is 0 Å². The fourth-order valence-electron chi connectivity index (χ4n) is 1.08. The smallest absolute Gasteiger partial charge is 0.0945 e. The first-order valence-electron chi connectivity index (χ1n) is 3.59. The maximum Gasteiger partial charge on any atom is 0.0945 e. The Morgan fingerprint density at radius 2 is 2.55 bits per heavy atom. The van der Waals surface area contributed by atoms with E-state index < -0.39 is 0 Å². The van der Waals surface area contributed by atoms with Crippen LogP contribution in [0.15, 0.2) is 12.5 Å². The molecule has 0 fully saturated rings. The monoisotopic (exact) mass is 149 g/mol. The Morgan fingerprint density at radius 1 is 1.82 bits per heavy atom. The maximum absolute atomic E-state index is 8.45. The van der Waals surface area contributed by atoms with Crippen molar-refractivity contribution < 1.29 is 0 Å². The summed E-state index contributed by atoms with van der Waals surface area (Å²) in [7, 11) is 1.94. The number of nitrogens with zero attached hydrogens (tertiary/aromatic N) is 3. The molecule has 0 radical (unpaired) electrons. The largest absolute Gasteiger partial charge is 0.337 e. The minimum Gasteiger partial charge on any atom is -0.337 e. The lowest BCUT2D eigenvalue weighted by atomic mass is 10.1. The average Bonchev–Trinajstić information content (AvgIpc) is 2.36. The van der Waals surface area contributed by atoms with Gasteiger partial charge in [0.05, 0.1) is 12.4 Å². The fourth-order valence-corrected chi connectivity index (χ4v) is 1.08. The second-order valence-corrected chi connectivity index (χ2v) is 2.69. The van der Waals surface area contributed by atoms with Gasteiger partial charge in [-0.25, -0.2) is 4.98 Å². The number of hydrogen-bond acceptors (Lipinski definition) is 2. The first-order chi connectivity index (χ1) is 5.25. The van der Waals surface area contributed by atoms with Crippen LogP contribution >= 0.6 is 0 Å². The number of rotatable bonds is 2. The van der Waals surface area contributed by atoms with E-state index in [9.17, 15) is 0 Å². The topological polar surface area (TPSA) is 41.6 Å². The molecule has 0 spiro atoms. The van der Waals surface area contributed by atoms with Gasteiger partial charge < -0.3 is 4.57 Å². The van der Waals surface area contributed by atoms with E-state index in [4.69, 9.17) is 5.26 Å². The van der Waals surface area contributed by atoms with Gasteiger partial charge in [0, 0.05) is 31.3 Å². The summed E-state index contributed by atoms with van der Waals surface area (Å²) in [6.45, 7) is 2.03. The highest BCUT2D eigenvalue weighted by molar-refractivity contribution is 5.06. The second kappa shape index (κ2) is 3.20. The molecule has 0 aliphatic rings. The Morgan fingerprint density at radius 3 is 3.00 bits per heavy atom. The van der Waals surface area contributed by atoms with E-state index in [2.05, 4.69) is 11.1 Å². The molecule has 0 bridgehead atoms. The molecule has 1 atom stereocenters. The Balaban J connectivity index is 2.77. The summed E-state index contributed by atoms with van der Waals surface area (Å²) < 4.78 is 1.95. The quantitative estimate of drug-likeness (QED) is 0.638. The predicted octanol–water partition coefficient (Wildman–Crippen LogP) is 1.44. The standard InChI is InChI=1S/C8H11N3/c1-7(3-4-9)8-5-10-6-11(8)2/h5-7H,3H2,1-2H3. The minimum absolute atomic E-state index is 0.285. The van der Waals surface area contributed by atoms with Crippen LogP contribution in [0.4, 0.5) is 0 Å². The molecule has 0 aromatic carbocycles. The molecule has 0 N–H and O–H groups in total. The first-order valence-corrected chi connectivity index (χ1v) is 3.59. The molecule has 3 heteroatoms. The molecule has 58 valence electrons. The SMILES string of the molecule is CC(CC#N)c1cncn1C. The van der Waals surface area contributed by atoms with Crippen molar-refractivity contribution >= 4 is 0 Å². The second-order valence-electron chi connectivity index (χ2n) is 2.69. The lowest BCUT2D eigenvalue weighted by Gasteiger charge is -2.06. The first kappa shape index (κ1) is 7.80. The van der Waals surface area contributed by atoms with Crippen LogP contribution in [-0.2, 0) is 7.05 Å². The summed E-state index contributed by atoms with van der Waals surface area (Å²) >= 11 is 0. The van der Waals surface area contributed by atoms with Crippen LogP contribution in [0.3, 0.4) is 0 Å². The molecule has 0 saturated heterocycles. The molecule has 0 saturated carbocycles. The van der Waals surface area contributed by atoms with E-state index in [1.165, 1.54) is 0 Å². The van der Waals surface area contributed by atoms with Crippen LogP contribution in [0, 0.1) is 11.3 Å². The number of aryl methyl sites for hydroxylation is 1. The lowest BCUT2D eigenvalue weighted by molar-refractivity contribution is 0.700. The van der Waals surface area contributed by atoms with E-state index in [0.29, 0.717) is 6.42 Å². The molecule has 0 aliphatic heterocycles. The van der Waals surface area contributed by atoms with Crippen LogP contribution in [-0.4, -0.2) is 9.55 Å². The van der Waals surface area contributed by atoms with Gasteiger partial charge in [-0.2, -0.15) is 5.26 Å². The Bertz CT molecular complexity index is 269. The van der Waals surface area contributed by atoms with E-state index in [0.717, 1.165) is 5.69 Å². The molecular formula is C8H11N3. The van der Waals surface area contributed by atoms with Crippen molar-refractivity contribution in [2.45, 2.75) is 19.3 Å². The number of nitriles is 1. The molecule has 0 aliphatic carbocycles. The Hall–Kier alpha value is -1.30.